The Morgan fingerprint density at radius 1 is 1.18 bits per heavy atom. The zero-order chi connectivity index (χ0) is 8.53. The van der Waals surface area contributed by atoms with Gasteiger partial charge in [0.05, 0.1) is 0 Å². The third-order valence-corrected chi connectivity index (χ3v) is 1.25. The molecular formula is C8H10Cl2Zn. The van der Waals surface area contributed by atoms with Crippen molar-refractivity contribution >= 4 is 19.4 Å². The van der Waals surface area contributed by atoms with Crippen LogP contribution in [0.4, 0.5) is 0 Å². The second kappa shape index (κ2) is 8.52. The molecule has 0 atom stereocenters. The van der Waals surface area contributed by atoms with E-state index >= 15 is 0 Å². The molecule has 0 nitrogen and oxygen atoms in total. The summed E-state index contributed by atoms with van der Waals surface area (Å²) in [6.07, 6.45) is 1.14. The van der Waals surface area contributed by atoms with E-state index in [1.165, 1.54) is 5.56 Å². The fraction of sp³-hybridized carbons (Fsp3) is 0.250. The van der Waals surface area contributed by atoms with E-state index in [9.17, 15) is 0 Å². The molecule has 0 fully saturated rings. The molecule has 0 saturated heterocycles. The van der Waals surface area contributed by atoms with Crippen molar-refractivity contribution in [2.45, 2.75) is 13.3 Å². The molecule has 1 aromatic carbocycles. The second-order valence-corrected chi connectivity index (χ2v) is 6.56. The average molecular weight is 242 g/mol. The maximum atomic E-state index is 4.95. The molecule has 0 aliphatic carbocycles. The molecule has 3 heteroatoms. The minimum atomic E-state index is -0.931. The number of halogens is 2. The fourth-order valence-electron chi connectivity index (χ4n) is 0.714. The van der Waals surface area contributed by atoms with Crippen LogP contribution in [-0.2, 0) is 21.6 Å². The summed E-state index contributed by atoms with van der Waals surface area (Å²) in [5.41, 5.74) is 1.41. The molecule has 0 aliphatic rings. The Balaban J connectivity index is 0.000000292. The molecule has 0 heterocycles. The molecule has 0 N–H and O–H groups in total. The van der Waals surface area contributed by atoms with Crippen LogP contribution in [0.5, 0.6) is 0 Å². The normalized spacial score (nSPS) is 7.55. The van der Waals surface area contributed by atoms with E-state index in [0.717, 1.165) is 6.42 Å². The number of hydrogen-bond acceptors (Lipinski definition) is 0. The number of aryl methyl sites for hydroxylation is 1. The Bertz CT molecular complexity index is 165. The first-order chi connectivity index (χ1) is 5.35. The Kier molecular flexibility index (Phi) is 8.85. The molecule has 11 heavy (non-hydrogen) atoms. The molecule has 0 bridgehead atoms. The van der Waals surface area contributed by atoms with Crippen molar-refractivity contribution in [1.82, 2.24) is 0 Å². The first-order valence-corrected chi connectivity index (χ1v) is 11.3. The summed E-state index contributed by atoms with van der Waals surface area (Å²) in [5.74, 6) is 0. The summed E-state index contributed by atoms with van der Waals surface area (Å²) in [5, 5.41) is 0. The van der Waals surface area contributed by atoms with Crippen molar-refractivity contribution in [2.75, 3.05) is 0 Å². The summed E-state index contributed by atoms with van der Waals surface area (Å²) >= 11 is -0.931. The topological polar surface area (TPSA) is 0 Å². The van der Waals surface area contributed by atoms with Crippen LogP contribution in [0.3, 0.4) is 0 Å². The molecule has 0 aromatic heterocycles. The van der Waals surface area contributed by atoms with Crippen molar-refractivity contribution in [2.24, 2.45) is 0 Å². The molecule has 58 valence electrons. The molecule has 0 saturated carbocycles. The van der Waals surface area contributed by atoms with Crippen LogP contribution in [0.1, 0.15) is 12.5 Å². The van der Waals surface area contributed by atoms with Gasteiger partial charge in [-0.05, 0) is 12.0 Å². The van der Waals surface area contributed by atoms with E-state index < -0.39 is 15.1 Å². The van der Waals surface area contributed by atoms with Gasteiger partial charge in [0.1, 0.15) is 0 Å². The second-order valence-electron chi connectivity index (χ2n) is 1.94. The van der Waals surface area contributed by atoms with Gasteiger partial charge in [0.15, 0.2) is 0 Å². The summed E-state index contributed by atoms with van der Waals surface area (Å²) in [7, 11) is 9.90. The molecular weight excluding hydrogens is 232 g/mol. The molecule has 0 amide bonds. The SMILES string of the molecule is CCc1ccccc1.[Cl][Zn][Cl]. The van der Waals surface area contributed by atoms with Gasteiger partial charge in [0.25, 0.3) is 0 Å². The summed E-state index contributed by atoms with van der Waals surface area (Å²) in [4.78, 5) is 0. The van der Waals surface area contributed by atoms with Gasteiger partial charge in [0.2, 0.25) is 0 Å². The Morgan fingerprint density at radius 2 is 1.64 bits per heavy atom. The van der Waals surface area contributed by atoms with Crippen molar-refractivity contribution < 1.29 is 15.1 Å². The van der Waals surface area contributed by atoms with Gasteiger partial charge in [-0.25, -0.2) is 0 Å². The maximum absolute atomic E-state index is 4.95. The molecule has 0 aliphatic heterocycles. The van der Waals surface area contributed by atoms with E-state index in [1.54, 1.807) is 0 Å². The third-order valence-electron chi connectivity index (χ3n) is 1.25. The number of hydrogen-bond donors (Lipinski definition) is 0. The summed E-state index contributed by atoms with van der Waals surface area (Å²) < 4.78 is 0. The first-order valence-electron chi connectivity index (χ1n) is 3.51. The van der Waals surface area contributed by atoms with E-state index in [4.69, 9.17) is 19.4 Å². The van der Waals surface area contributed by atoms with Crippen LogP contribution in [0, 0.1) is 0 Å². The Morgan fingerprint density at radius 3 is 1.91 bits per heavy atom. The molecule has 0 spiro atoms. The van der Waals surface area contributed by atoms with Gasteiger partial charge in [0, 0.05) is 0 Å². The minimum absolute atomic E-state index is 0.931. The standard InChI is InChI=1S/C8H10.2ClH.Zn/c1-2-8-6-4-3-5-7-8;;;/h3-7H,2H2,1H3;2*1H;/q;;;+2/p-2. The molecule has 1 rings (SSSR count). The monoisotopic (exact) mass is 240 g/mol. The van der Waals surface area contributed by atoms with Crippen LogP contribution >= 0.6 is 19.4 Å². The number of rotatable bonds is 1. The van der Waals surface area contributed by atoms with Crippen molar-refractivity contribution in [3.05, 3.63) is 35.9 Å². The molecule has 0 unspecified atom stereocenters. The van der Waals surface area contributed by atoms with Gasteiger partial charge < -0.3 is 0 Å². The van der Waals surface area contributed by atoms with E-state index in [-0.39, 0.29) is 0 Å². The van der Waals surface area contributed by atoms with Crippen LogP contribution in [0.25, 0.3) is 0 Å². The number of benzene rings is 1. The van der Waals surface area contributed by atoms with Gasteiger partial charge in [-0.3, -0.25) is 0 Å². The van der Waals surface area contributed by atoms with Crippen LogP contribution < -0.4 is 0 Å². The summed E-state index contributed by atoms with van der Waals surface area (Å²) in [6.45, 7) is 2.16. The quantitative estimate of drug-likeness (QED) is 0.660. The van der Waals surface area contributed by atoms with Gasteiger partial charge in [-0.2, -0.15) is 0 Å². The Labute approximate surface area is 83.6 Å². The molecule has 0 radical (unpaired) electrons. The Hall–Kier alpha value is 0.423. The predicted octanol–water partition coefficient (Wildman–Crippen LogP) is 3.63. The fourth-order valence-corrected chi connectivity index (χ4v) is 0.714. The van der Waals surface area contributed by atoms with Gasteiger partial charge >= 0.3 is 34.5 Å². The molecule has 1 aromatic rings. The van der Waals surface area contributed by atoms with E-state index in [0.29, 0.717) is 0 Å². The van der Waals surface area contributed by atoms with Crippen molar-refractivity contribution in [3.8, 4) is 0 Å². The van der Waals surface area contributed by atoms with Crippen molar-refractivity contribution in [1.29, 1.82) is 0 Å². The van der Waals surface area contributed by atoms with Gasteiger partial charge in [-0.1, -0.05) is 37.3 Å². The van der Waals surface area contributed by atoms with Crippen LogP contribution in [-0.4, -0.2) is 0 Å². The van der Waals surface area contributed by atoms with E-state index in [1.807, 2.05) is 6.07 Å². The van der Waals surface area contributed by atoms with E-state index in [2.05, 4.69) is 31.2 Å². The van der Waals surface area contributed by atoms with Crippen molar-refractivity contribution in [3.63, 3.8) is 0 Å². The van der Waals surface area contributed by atoms with Crippen LogP contribution in [0.2, 0.25) is 0 Å². The van der Waals surface area contributed by atoms with Crippen LogP contribution in [0.15, 0.2) is 30.3 Å². The first kappa shape index (κ1) is 11.4. The van der Waals surface area contributed by atoms with Gasteiger partial charge in [-0.15, -0.1) is 0 Å². The third kappa shape index (κ3) is 6.81. The zero-order valence-electron chi connectivity index (χ0n) is 6.56. The summed E-state index contributed by atoms with van der Waals surface area (Å²) in [6, 6.07) is 10.5. The average Bonchev–Trinajstić information content (AvgIpc) is 2.08. The zero-order valence-corrected chi connectivity index (χ0v) is 11.0. The predicted molar refractivity (Wildman–Crippen MR) is 47.5 cm³/mol.